The maximum atomic E-state index is 12.0. The first-order valence-corrected chi connectivity index (χ1v) is 13.0. The Morgan fingerprint density at radius 3 is 2.36 bits per heavy atom. The molecule has 0 saturated carbocycles. The Morgan fingerprint density at radius 2 is 1.64 bits per heavy atom. The summed E-state index contributed by atoms with van der Waals surface area (Å²) < 4.78 is 1.94. The highest BCUT2D eigenvalue weighted by atomic mass is 16.2. The molecule has 188 valence electrons. The van der Waals surface area contributed by atoms with Crippen molar-refractivity contribution in [3.8, 4) is 0 Å². The lowest BCUT2D eigenvalue weighted by atomic mass is 10.0. The van der Waals surface area contributed by atoms with Gasteiger partial charge in [0.05, 0.1) is 6.04 Å². The second-order valence-corrected chi connectivity index (χ2v) is 9.56. The average Bonchev–Trinajstić information content (AvgIpc) is 3.55. The molecule has 1 atom stereocenters. The largest absolute Gasteiger partial charge is 0.343 e. The van der Waals surface area contributed by atoms with E-state index in [0.29, 0.717) is 13.0 Å². The Hall–Kier alpha value is -3.36. The first-order chi connectivity index (χ1) is 17.8. The van der Waals surface area contributed by atoms with Crippen LogP contribution in [0.2, 0.25) is 0 Å². The number of piperazine rings is 1. The second kappa shape index (κ2) is 12.1. The van der Waals surface area contributed by atoms with Crippen LogP contribution in [0.3, 0.4) is 0 Å². The van der Waals surface area contributed by atoms with Crippen molar-refractivity contribution in [1.29, 1.82) is 0 Å². The van der Waals surface area contributed by atoms with Gasteiger partial charge in [0, 0.05) is 58.8 Å². The summed E-state index contributed by atoms with van der Waals surface area (Å²) in [4.78, 5) is 18.9. The zero-order valence-electron chi connectivity index (χ0n) is 20.8. The van der Waals surface area contributed by atoms with Crippen LogP contribution in [0.5, 0.6) is 0 Å². The Labute approximate surface area is 213 Å². The van der Waals surface area contributed by atoms with Crippen LogP contribution in [-0.4, -0.2) is 86.6 Å². The number of carbonyl (C=O) groups is 1. The van der Waals surface area contributed by atoms with Gasteiger partial charge in [-0.2, -0.15) is 0 Å². The number of benzene rings is 2. The third kappa shape index (κ3) is 6.06. The van der Waals surface area contributed by atoms with E-state index in [1.807, 2.05) is 21.7 Å². The highest BCUT2D eigenvalue weighted by Crippen LogP contribution is 2.28. The lowest BCUT2D eigenvalue weighted by Crippen LogP contribution is -2.48. The summed E-state index contributed by atoms with van der Waals surface area (Å²) in [5.74, 6) is 1.15. The van der Waals surface area contributed by atoms with Crippen molar-refractivity contribution in [1.82, 2.24) is 34.9 Å². The average molecular weight is 486 g/mol. The van der Waals surface area contributed by atoms with Crippen LogP contribution in [0.15, 0.2) is 66.7 Å². The predicted molar refractivity (Wildman–Crippen MR) is 140 cm³/mol. The molecule has 1 unspecified atom stereocenters. The maximum absolute atomic E-state index is 12.0. The lowest BCUT2D eigenvalue weighted by molar-refractivity contribution is -0.127. The van der Waals surface area contributed by atoms with Crippen molar-refractivity contribution in [2.24, 2.45) is 0 Å². The number of carbonyl (C=O) groups excluding carboxylic acids is 1. The van der Waals surface area contributed by atoms with Gasteiger partial charge in [-0.3, -0.25) is 14.6 Å². The van der Waals surface area contributed by atoms with Crippen LogP contribution in [-0.2, 0) is 11.3 Å². The zero-order chi connectivity index (χ0) is 24.6. The number of nitrogens with zero attached hydrogens (tertiary/aromatic N) is 7. The summed E-state index contributed by atoms with van der Waals surface area (Å²) in [5, 5.41) is 12.9. The number of aromatic nitrogens is 4. The van der Waals surface area contributed by atoms with Crippen molar-refractivity contribution >= 4 is 12.0 Å². The maximum Gasteiger partial charge on any atom is 0.222 e. The van der Waals surface area contributed by atoms with Crippen LogP contribution < -0.4 is 0 Å². The summed E-state index contributed by atoms with van der Waals surface area (Å²) >= 11 is 0. The Morgan fingerprint density at radius 1 is 0.889 bits per heavy atom. The van der Waals surface area contributed by atoms with E-state index in [4.69, 9.17) is 0 Å². The topological polar surface area (TPSA) is 70.4 Å². The minimum absolute atomic E-state index is 0.0108. The molecule has 2 aromatic carbocycles. The summed E-state index contributed by atoms with van der Waals surface area (Å²) in [6.45, 7) is 7.21. The van der Waals surface area contributed by atoms with E-state index in [2.05, 4.69) is 86.0 Å². The predicted octanol–water partition coefficient (Wildman–Crippen LogP) is 3.11. The molecule has 36 heavy (non-hydrogen) atoms. The van der Waals surface area contributed by atoms with Gasteiger partial charge in [0.2, 0.25) is 5.91 Å². The normalized spacial score (nSPS) is 18.3. The van der Waals surface area contributed by atoms with E-state index >= 15 is 0 Å². The molecule has 0 bridgehead atoms. The van der Waals surface area contributed by atoms with Crippen molar-refractivity contribution < 1.29 is 4.79 Å². The molecule has 2 aliphatic rings. The van der Waals surface area contributed by atoms with Crippen LogP contribution in [0.4, 0.5) is 0 Å². The Bertz CT molecular complexity index is 1120. The van der Waals surface area contributed by atoms with E-state index in [-0.39, 0.29) is 11.9 Å². The quantitative estimate of drug-likeness (QED) is 0.440. The van der Waals surface area contributed by atoms with Crippen molar-refractivity contribution in [3.05, 3.63) is 83.7 Å². The smallest absolute Gasteiger partial charge is 0.222 e. The van der Waals surface area contributed by atoms with Crippen LogP contribution in [0.25, 0.3) is 6.08 Å². The third-order valence-electron chi connectivity index (χ3n) is 7.13. The number of aryl methyl sites for hydroxylation is 1. The van der Waals surface area contributed by atoms with Crippen LogP contribution in [0, 0.1) is 0 Å². The number of rotatable bonds is 10. The van der Waals surface area contributed by atoms with Gasteiger partial charge in [-0.1, -0.05) is 72.8 Å². The molecule has 3 aromatic rings. The minimum Gasteiger partial charge on any atom is -0.343 e. The molecular weight excluding hydrogens is 450 g/mol. The SMILES string of the molecule is O=C1CCCN1CCCn1nnnc1C(c1ccccc1)N1CCN(C/C=C/c2ccccc2)CC1. The van der Waals surface area contributed by atoms with Gasteiger partial charge in [-0.05, 0) is 34.4 Å². The molecule has 0 N–H and O–H groups in total. The van der Waals surface area contributed by atoms with Gasteiger partial charge in [0.1, 0.15) is 0 Å². The summed E-state index contributed by atoms with van der Waals surface area (Å²) in [6, 6.07) is 21.0. The molecule has 0 radical (unpaired) electrons. The van der Waals surface area contributed by atoms with E-state index < -0.39 is 0 Å². The minimum atomic E-state index is 0.0108. The first kappa shape index (κ1) is 24.3. The fourth-order valence-electron chi connectivity index (χ4n) is 5.18. The van der Waals surface area contributed by atoms with Gasteiger partial charge in [0.25, 0.3) is 0 Å². The van der Waals surface area contributed by atoms with Crippen molar-refractivity contribution in [2.75, 3.05) is 45.8 Å². The number of hydrogen-bond donors (Lipinski definition) is 0. The van der Waals surface area contributed by atoms with Crippen molar-refractivity contribution in [3.63, 3.8) is 0 Å². The molecule has 5 rings (SSSR count). The molecule has 8 nitrogen and oxygen atoms in total. The number of hydrogen-bond acceptors (Lipinski definition) is 6. The standard InChI is InChI=1S/C28H35N7O/c36-26-15-8-17-33(26)18-9-19-35-28(29-30-31-35)27(25-13-5-2-6-14-25)34-22-20-32(21-23-34)16-7-12-24-10-3-1-4-11-24/h1-7,10-14,27H,8-9,15-23H2/b12-7+. The van der Waals surface area contributed by atoms with Crippen LogP contribution in [0.1, 0.15) is 42.3 Å². The molecule has 0 spiro atoms. The summed E-state index contributed by atoms with van der Waals surface area (Å²) in [5.41, 5.74) is 2.45. The zero-order valence-corrected chi connectivity index (χ0v) is 20.8. The van der Waals surface area contributed by atoms with Gasteiger partial charge in [-0.15, -0.1) is 5.10 Å². The fourth-order valence-corrected chi connectivity index (χ4v) is 5.18. The van der Waals surface area contributed by atoms with Gasteiger partial charge in [-0.25, -0.2) is 4.68 Å². The van der Waals surface area contributed by atoms with Gasteiger partial charge < -0.3 is 4.90 Å². The Kier molecular flexibility index (Phi) is 8.15. The third-order valence-corrected chi connectivity index (χ3v) is 7.13. The van der Waals surface area contributed by atoms with E-state index in [1.54, 1.807) is 0 Å². The Balaban J connectivity index is 1.23. The van der Waals surface area contributed by atoms with Crippen LogP contribution >= 0.6 is 0 Å². The lowest BCUT2D eigenvalue weighted by Gasteiger charge is -2.38. The number of tetrazole rings is 1. The molecule has 3 heterocycles. The highest BCUT2D eigenvalue weighted by molar-refractivity contribution is 5.77. The summed E-state index contributed by atoms with van der Waals surface area (Å²) in [7, 11) is 0. The van der Waals surface area contributed by atoms with Crippen molar-refractivity contribution in [2.45, 2.75) is 31.8 Å². The molecule has 2 fully saturated rings. The monoisotopic (exact) mass is 485 g/mol. The fraction of sp³-hybridized carbons (Fsp3) is 0.429. The van der Waals surface area contributed by atoms with E-state index in [1.165, 1.54) is 11.1 Å². The molecule has 8 heteroatoms. The molecule has 2 aliphatic heterocycles. The van der Waals surface area contributed by atoms with Gasteiger partial charge in [0.15, 0.2) is 5.82 Å². The van der Waals surface area contributed by atoms with E-state index in [0.717, 1.165) is 64.5 Å². The van der Waals surface area contributed by atoms with E-state index in [9.17, 15) is 4.79 Å². The number of amides is 1. The summed E-state index contributed by atoms with van der Waals surface area (Å²) in [6.07, 6.45) is 6.96. The highest BCUT2D eigenvalue weighted by Gasteiger charge is 2.30. The van der Waals surface area contributed by atoms with Gasteiger partial charge >= 0.3 is 0 Å². The molecule has 2 saturated heterocycles. The molecule has 0 aliphatic carbocycles. The second-order valence-electron chi connectivity index (χ2n) is 9.56. The number of likely N-dealkylation sites (tertiary alicyclic amines) is 1. The first-order valence-electron chi connectivity index (χ1n) is 13.0. The molecular formula is C28H35N7O. The molecule has 1 amide bonds. The molecule has 1 aromatic heterocycles.